The zero-order valence-corrected chi connectivity index (χ0v) is 18.3. The van der Waals surface area contributed by atoms with Crippen LogP contribution in [0.2, 0.25) is 0 Å². The molecule has 1 N–H and O–H groups in total. The molecule has 7 nitrogen and oxygen atoms in total. The summed E-state index contributed by atoms with van der Waals surface area (Å²) in [6.07, 6.45) is 0. The Morgan fingerprint density at radius 3 is 2.62 bits per heavy atom. The van der Waals surface area contributed by atoms with E-state index in [9.17, 15) is 9.59 Å². The molecule has 0 bridgehead atoms. The largest absolute Gasteiger partial charge is 0.486 e. The highest BCUT2D eigenvalue weighted by Crippen LogP contribution is 2.20. The molecule has 2 heterocycles. The lowest BCUT2D eigenvalue weighted by Gasteiger charge is -2.34. The third-order valence-corrected chi connectivity index (χ3v) is 5.02. The molecule has 1 aromatic carbocycles. The molecule has 1 aromatic heterocycles. The van der Waals surface area contributed by atoms with Crippen molar-refractivity contribution in [1.29, 1.82) is 0 Å². The molecule has 8 heteroatoms. The lowest BCUT2D eigenvalue weighted by Crippen LogP contribution is -2.51. The van der Waals surface area contributed by atoms with Crippen LogP contribution in [0.25, 0.3) is 0 Å². The first-order chi connectivity index (χ1) is 13.9. The van der Waals surface area contributed by atoms with E-state index < -0.39 is 0 Å². The molecule has 1 fully saturated rings. The molecule has 156 valence electrons. The molecule has 0 saturated carbocycles. The average Bonchev–Trinajstić information content (AvgIpc) is 3.15. The minimum absolute atomic E-state index is 0.0147. The summed E-state index contributed by atoms with van der Waals surface area (Å²) in [6, 6.07) is 11.1. The van der Waals surface area contributed by atoms with Crippen LogP contribution in [0.1, 0.15) is 30.2 Å². The minimum atomic E-state index is -0.134. The van der Waals surface area contributed by atoms with Crippen molar-refractivity contribution < 1.29 is 18.7 Å². The van der Waals surface area contributed by atoms with Gasteiger partial charge in [0.1, 0.15) is 18.1 Å². The molecular formula is C21H26BrN3O4. The SMILES string of the molecule is CC(C)NC(=O)CN1CCN(C(=O)c2ccc(COc3cccc(Br)c3)o2)CC1. The van der Waals surface area contributed by atoms with Gasteiger partial charge in [0.05, 0.1) is 6.54 Å². The lowest BCUT2D eigenvalue weighted by atomic mass is 10.2. The molecule has 0 aliphatic carbocycles. The van der Waals surface area contributed by atoms with Crippen LogP contribution in [0.3, 0.4) is 0 Å². The number of hydrogen-bond donors (Lipinski definition) is 1. The number of furan rings is 1. The van der Waals surface area contributed by atoms with Crippen LogP contribution in [0.15, 0.2) is 45.3 Å². The van der Waals surface area contributed by atoms with Crippen LogP contribution in [-0.2, 0) is 11.4 Å². The van der Waals surface area contributed by atoms with E-state index >= 15 is 0 Å². The maximum absolute atomic E-state index is 12.7. The van der Waals surface area contributed by atoms with Gasteiger partial charge in [-0.05, 0) is 44.2 Å². The minimum Gasteiger partial charge on any atom is -0.486 e. The summed E-state index contributed by atoms with van der Waals surface area (Å²) < 4.78 is 12.3. The third-order valence-electron chi connectivity index (χ3n) is 4.53. The molecule has 0 unspecified atom stereocenters. The number of amides is 2. The van der Waals surface area contributed by atoms with Crippen molar-refractivity contribution in [3.05, 3.63) is 52.4 Å². The standard InChI is InChI=1S/C21H26BrN3O4/c1-15(2)23-20(26)13-24-8-10-25(11-9-24)21(27)19-7-6-18(29-19)14-28-17-5-3-4-16(22)12-17/h3-7,12,15H,8-11,13-14H2,1-2H3,(H,23,26). The van der Waals surface area contributed by atoms with Gasteiger partial charge in [-0.2, -0.15) is 0 Å². The number of nitrogens with one attached hydrogen (secondary N) is 1. The molecule has 2 aromatic rings. The van der Waals surface area contributed by atoms with Gasteiger partial charge in [0.2, 0.25) is 5.91 Å². The monoisotopic (exact) mass is 463 g/mol. The third kappa shape index (κ3) is 6.33. The van der Waals surface area contributed by atoms with E-state index in [4.69, 9.17) is 9.15 Å². The van der Waals surface area contributed by atoms with Gasteiger partial charge in [0.15, 0.2) is 5.76 Å². The van der Waals surface area contributed by atoms with E-state index in [-0.39, 0.29) is 24.5 Å². The van der Waals surface area contributed by atoms with Gasteiger partial charge in [0, 0.05) is 36.7 Å². The molecule has 1 saturated heterocycles. The van der Waals surface area contributed by atoms with E-state index in [0.717, 1.165) is 10.2 Å². The van der Waals surface area contributed by atoms with Gasteiger partial charge in [0.25, 0.3) is 5.91 Å². The Morgan fingerprint density at radius 1 is 1.17 bits per heavy atom. The molecule has 0 radical (unpaired) electrons. The molecule has 1 aliphatic heterocycles. The summed E-state index contributed by atoms with van der Waals surface area (Å²) in [6.45, 7) is 6.96. The van der Waals surface area contributed by atoms with E-state index in [0.29, 0.717) is 44.2 Å². The second-order valence-corrected chi connectivity index (χ2v) is 8.22. The van der Waals surface area contributed by atoms with E-state index in [1.807, 2.05) is 38.1 Å². The Hall–Kier alpha value is -2.32. The predicted molar refractivity (Wildman–Crippen MR) is 113 cm³/mol. The Bertz CT molecular complexity index is 844. The number of piperazine rings is 1. The van der Waals surface area contributed by atoms with Crippen LogP contribution >= 0.6 is 15.9 Å². The highest BCUT2D eigenvalue weighted by Gasteiger charge is 2.25. The van der Waals surface area contributed by atoms with E-state index in [1.54, 1.807) is 17.0 Å². The summed E-state index contributed by atoms with van der Waals surface area (Å²) in [7, 11) is 0. The van der Waals surface area contributed by atoms with Crippen LogP contribution < -0.4 is 10.1 Å². The first-order valence-corrected chi connectivity index (χ1v) is 10.5. The molecule has 2 amide bonds. The van der Waals surface area contributed by atoms with Crippen LogP contribution in [0, 0.1) is 0 Å². The lowest BCUT2D eigenvalue weighted by molar-refractivity contribution is -0.123. The zero-order chi connectivity index (χ0) is 20.8. The van der Waals surface area contributed by atoms with Gasteiger partial charge in [-0.1, -0.05) is 22.0 Å². The second kappa shape index (κ2) is 9.93. The quantitative estimate of drug-likeness (QED) is 0.682. The number of benzene rings is 1. The highest BCUT2D eigenvalue weighted by molar-refractivity contribution is 9.10. The molecule has 3 rings (SSSR count). The van der Waals surface area contributed by atoms with Gasteiger partial charge in [-0.15, -0.1) is 0 Å². The van der Waals surface area contributed by atoms with Crippen molar-refractivity contribution in [2.75, 3.05) is 32.7 Å². The van der Waals surface area contributed by atoms with E-state index in [2.05, 4.69) is 26.1 Å². The number of rotatable bonds is 7. The molecular weight excluding hydrogens is 438 g/mol. The number of carbonyl (C=O) groups excluding carboxylic acids is 2. The Labute approximate surface area is 179 Å². The van der Waals surface area contributed by atoms with Gasteiger partial charge >= 0.3 is 0 Å². The van der Waals surface area contributed by atoms with Crippen molar-refractivity contribution in [2.45, 2.75) is 26.5 Å². The Balaban J connectivity index is 1.47. The normalized spacial score (nSPS) is 14.8. The summed E-state index contributed by atoms with van der Waals surface area (Å²) in [5.41, 5.74) is 0. The second-order valence-electron chi connectivity index (χ2n) is 7.30. The summed E-state index contributed by atoms with van der Waals surface area (Å²) >= 11 is 3.40. The van der Waals surface area contributed by atoms with Crippen LogP contribution in [0.4, 0.5) is 0 Å². The number of carbonyl (C=O) groups is 2. The Morgan fingerprint density at radius 2 is 1.93 bits per heavy atom. The topological polar surface area (TPSA) is 75.0 Å². The fraction of sp³-hybridized carbons (Fsp3) is 0.429. The molecule has 0 atom stereocenters. The summed E-state index contributed by atoms with van der Waals surface area (Å²) in [5, 5.41) is 2.89. The number of nitrogens with zero attached hydrogens (tertiary/aromatic N) is 2. The van der Waals surface area contributed by atoms with Crippen LogP contribution in [-0.4, -0.2) is 60.4 Å². The van der Waals surface area contributed by atoms with Gasteiger partial charge in [-0.25, -0.2) is 0 Å². The van der Waals surface area contributed by atoms with Crippen molar-refractivity contribution in [3.8, 4) is 5.75 Å². The van der Waals surface area contributed by atoms with Gasteiger partial charge in [-0.3, -0.25) is 14.5 Å². The van der Waals surface area contributed by atoms with Crippen molar-refractivity contribution in [3.63, 3.8) is 0 Å². The predicted octanol–water partition coefficient (Wildman–Crippen LogP) is 2.90. The number of hydrogen-bond acceptors (Lipinski definition) is 5. The van der Waals surface area contributed by atoms with Crippen molar-refractivity contribution in [1.82, 2.24) is 15.1 Å². The average molecular weight is 464 g/mol. The maximum atomic E-state index is 12.7. The smallest absolute Gasteiger partial charge is 0.289 e. The number of halogens is 1. The van der Waals surface area contributed by atoms with Gasteiger partial charge < -0.3 is 19.4 Å². The van der Waals surface area contributed by atoms with E-state index in [1.165, 1.54) is 0 Å². The molecule has 0 spiro atoms. The Kier molecular flexibility index (Phi) is 7.33. The first-order valence-electron chi connectivity index (χ1n) is 9.69. The highest BCUT2D eigenvalue weighted by atomic mass is 79.9. The summed E-state index contributed by atoms with van der Waals surface area (Å²) in [4.78, 5) is 28.4. The fourth-order valence-electron chi connectivity index (χ4n) is 3.12. The zero-order valence-electron chi connectivity index (χ0n) is 16.7. The summed E-state index contributed by atoms with van der Waals surface area (Å²) in [5.74, 6) is 1.51. The molecule has 1 aliphatic rings. The number of ether oxygens (including phenoxy) is 1. The van der Waals surface area contributed by atoms with Crippen molar-refractivity contribution >= 4 is 27.7 Å². The molecule has 29 heavy (non-hydrogen) atoms. The van der Waals surface area contributed by atoms with Crippen LogP contribution in [0.5, 0.6) is 5.75 Å². The first kappa shape index (κ1) is 21.4. The van der Waals surface area contributed by atoms with Crippen molar-refractivity contribution in [2.24, 2.45) is 0 Å². The maximum Gasteiger partial charge on any atom is 0.289 e. The fourth-order valence-corrected chi connectivity index (χ4v) is 3.50.